The van der Waals surface area contributed by atoms with Crippen molar-refractivity contribution in [2.24, 2.45) is 5.73 Å². The summed E-state index contributed by atoms with van der Waals surface area (Å²) in [5.74, 6) is 0.0184. The highest BCUT2D eigenvalue weighted by molar-refractivity contribution is 6.18. The maximum atomic E-state index is 7.82. The molecule has 0 aliphatic heterocycles. The zero-order valence-electron chi connectivity index (χ0n) is 12.8. The molecular weight excluding hydrogens is 284 g/mol. The quantitative estimate of drug-likeness (QED) is 0.411. The summed E-state index contributed by atoms with van der Waals surface area (Å²) in [7, 11) is 0. The van der Waals surface area contributed by atoms with E-state index < -0.39 is 0 Å². The molecule has 0 unspecified atom stereocenters. The van der Waals surface area contributed by atoms with Crippen molar-refractivity contribution < 1.29 is 4.42 Å². The number of nitrogens with two attached hydrogens (primary N) is 1. The Morgan fingerprint density at radius 3 is 2.61 bits per heavy atom. The molecule has 1 heterocycles. The fraction of sp³-hybridized carbons (Fsp3) is 0.0500. The summed E-state index contributed by atoms with van der Waals surface area (Å²) in [5.41, 5.74) is 11.3. The second-order valence-electron chi connectivity index (χ2n) is 5.75. The van der Waals surface area contributed by atoms with E-state index in [-0.39, 0.29) is 5.84 Å². The number of hydrogen-bond acceptors (Lipinski definition) is 2. The molecule has 0 spiro atoms. The number of amidine groups is 1. The standard InChI is InChI=1S/C20H16N2O/c1-12-5-4-6-13(11-12)14-9-10-16(20(21)22)19-18(14)15-7-2-3-8-17(15)23-19/h2-11H,1H3,(H3,21,22). The minimum atomic E-state index is 0.0184. The van der Waals surface area contributed by atoms with E-state index in [1.807, 2.05) is 36.4 Å². The van der Waals surface area contributed by atoms with Gasteiger partial charge in [-0.1, -0.05) is 54.1 Å². The molecule has 0 aliphatic carbocycles. The summed E-state index contributed by atoms with van der Waals surface area (Å²) < 4.78 is 6.02. The third-order valence-corrected chi connectivity index (χ3v) is 4.15. The first-order valence-electron chi connectivity index (χ1n) is 7.51. The van der Waals surface area contributed by atoms with Crippen molar-refractivity contribution >= 4 is 27.8 Å². The number of nitrogens with one attached hydrogen (secondary N) is 1. The van der Waals surface area contributed by atoms with E-state index in [9.17, 15) is 0 Å². The third-order valence-electron chi connectivity index (χ3n) is 4.15. The molecule has 0 atom stereocenters. The van der Waals surface area contributed by atoms with Crippen LogP contribution in [0, 0.1) is 12.3 Å². The van der Waals surface area contributed by atoms with Crippen molar-refractivity contribution in [3.05, 3.63) is 71.8 Å². The van der Waals surface area contributed by atoms with E-state index in [2.05, 4.69) is 31.2 Å². The van der Waals surface area contributed by atoms with Gasteiger partial charge in [-0.05, 0) is 30.2 Å². The topological polar surface area (TPSA) is 63.0 Å². The number of aryl methyl sites for hydroxylation is 1. The lowest BCUT2D eigenvalue weighted by Gasteiger charge is -2.07. The number of benzene rings is 3. The monoisotopic (exact) mass is 300 g/mol. The molecule has 0 saturated heterocycles. The third kappa shape index (κ3) is 2.09. The molecule has 4 rings (SSSR count). The van der Waals surface area contributed by atoms with Gasteiger partial charge in [0.15, 0.2) is 0 Å². The molecule has 0 saturated carbocycles. The van der Waals surface area contributed by atoms with Gasteiger partial charge in [0.2, 0.25) is 0 Å². The Kier molecular flexibility index (Phi) is 2.95. The lowest BCUT2D eigenvalue weighted by atomic mass is 9.96. The molecule has 0 aliphatic rings. The molecule has 1 aromatic heterocycles. The predicted molar refractivity (Wildman–Crippen MR) is 94.9 cm³/mol. The lowest BCUT2D eigenvalue weighted by Crippen LogP contribution is -2.11. The molecule has 3 heteroatoms. The molecule has 3 aromatic carbocycles. The molecule has 0 amide bonds. The maximum absolute atomic E-state index is 7.82. The van der Waals surface area contributed by atoms with Crippen molar-refractivity contribution in [1.82, 2.24) is 0 Å². The van der Waals surface area contributed by atoms with Crippen LogP contribution in [0.1, 0.15) is 11.1 Å². The largest absolute Gasteiger partial charge is 0.455 e. The van der Waals surface area contributed by atoms with Gasteiger partial charge >= 0.3 is 0 Å². The van der Waals surface area contributed by atoms with Gasteiger partial charge in [0.1, 0.15) is 17.0 Å². The van der Waals surface area contributed by atoms with Gasteiger partial charge in [-0.2, -0.15) is 0 Å². The van der Waals surface area contributed by atoms with Gasteiger partial charge in [0.25, 0.3) is 0 Å². The van der Waals surface area contributed by atoms with Crippen molar-refractivity contribution in [1.29, 1.82) is 5.41 Å². The summed E-state index contributed by atoms with van der Waals surface area (Å²) >= 11 is 0. The Hall–Kier alpha value is -3.07. The molecule has 3 N–H and O–H groups in total. The van der Waals surface area contributed by atoms with Crippen LogP contribution in [0.3, 0.4) is 0 Å². The smallest absolute Gasteiger partial charge is 0.146 e. The van der Waals surface area contributed by atoms with E-state index in [0.717, 1.165) is 27.5 Å². The molecular formula is C20H16N2O. The minimum absolute atomic E-state index is 0.0184. The Morgan fingerprint density at radius 1 is 1.00 bits per heavy atom. The fourth-order valence-electron chi connectivity index (χ4n) is 3.09. The number of para-hydroxylation sites is 1. The van der Waals surface area contributed by atoms with Crippen LogP contribution in [0.5, 0.6) is 0 Å². The molecule has 23 heavy (non-hydrogen) atoms. The number of furan rings is 1. The van der Waals surface area contributed by atoms with Crippen molar-refractivity contribution in [3.8, 4) is 11.1 Å². The molecule has 112 valence electrons. The van der Waals surface area contributed by atoms with Crippen molar-refractivity contribution in [3.63, 3.8) is 0 Å². The van der Waals surface area contributed by atoms with Gasteiger partial charge in [0.05, 0.1) is 5.56 Å². The molecule has 4 aromatic rings. The number of hydrogen-bond donors (Lipinski definition) is 2. The van der Waals surface area contributed by atoms with E-state index in [0.29, 0.717) is 11.1 Å². The van der Waals surface area contributed by atoms with Gasteiger partial charge in [-0.3, -0.25) is 5.41 Å². The van der Waals surface area contributed by atoms with Crippen molar-refractivity contribution in [2.45, 2.75) is 6.92 Å². The van der Waals surface area contributed by atoms with E-state index in [1.54, 1.807) is 0 Å². The normalized spacial score (nSPS) is 11.2. The Bertz CT molecular complexity index is 1060. The van der Waals surface area contributed by atoms with Crippen LogP contribution in [0.25, 0.3) is 33.1 Å². The van der Waals surface area contributed by atoms with Gasteiger partial charge in [-0.25, -0.2) is 0 Å². The summed E-state index contributed by atoms with van der Waals surface area (Å²) in [6, 6.07) is 20.2. The summed E-state index contributed by atoms with van der Waals surface area (Å²) in [4.78, 5) is 0. The minimum Gasteiger partial charge on any atom is -0.455 e. The van der Waals surface area contributed by atoms with Crippen molar-refractivity contribution in [2.75, 3.05) is 0 Å². The summed E-state index contributed by atoms with van der Waals surface area (Å²) in [6.45, 7) is 2.08. The molecule has 0 bridgehead atoms. The highest BCUT2D eigenvalue weighted by Gasteiger charge is 2.16. The average Bonchev–Trinajstić information content (AvgIpc) is 2.93. The van der Waals surface area contributed by atoms with Crippen LogP contribution in [-0.2, 0) is 0 Å². The molecule has 0 fully saturated rings. The number of fused-ring (bicyclic) bond motifs is 3. The van der Waals surface area contributed by atoms with E-state index in [4.69, 9.17) is 15.6 Å². The van der Waals surface area contributed by atoms with E-state index >= 15 is 0 Å². The van der Waals surface area contributed by atoms with Crippen LogP contribution in [0.4, 0.5) is 0 Å². The molecule has 0 radical (unpaired) electrons. The van der Waals surface area contributed by atoms with Gasteiger partial charge in [-0.15, -0.1) is 0 Å². The number of nitrogen functional groups attached to an aromatic ring is 1. The Balaban J connectivity index is 2.17. The van der Waals surface area contributed by atoms with Crippen LogP contribution in [-0.4, -0.2) is 5.84 Å². The first-order chi connectivity index (χ1) is 11.1. The highest BCUT2D eigenvalue weighted by Crippen LogP contribution is 2.38. The zero-order valence-corrected chi connectivity index (χ0v) is 12.8. The first-order valence-corrected chi connectivity index (χ1v) is 7.51. The lowest BCUT2D eigenvalue weighted by molar-refractivity contribution is 0.668. The Labute approximate surface area is 133 Å². The predicted octanol–water partition coefficient (Wildman–Crippen LogP) is 4.85. The fourth-order valence-corrected chi connectivity index (χ4v) is 3.09. The maximum Gasteiger partial charge on any atom is 0.146 e. The van der Waals surface area contributed by atoms with Crippen LogP contribution < -0.4 is 5.73 Å². The van der Waals surface area contributed by atoms with Crippen LogP contribution in [0.15, 0.2) is 65.1 Å². The second-order valence-corrected chi connectivity index (χ2v) is 5.75. The van der Waals surface area contributed by atoms with E-state index in [1.165, 1.54) is 5.56 Å². The number of rotatable bonds is 2. The summed E-state index contributed by atoms with van der Waals surface area (Å²) in [5, 5.41) is 9.87. The Morgan fingerprint density at radius 2 is 1.83 bits per heavy atom. The SMILES string of the molecule is Cc1cccc(-c2ccc(C(=N)N)c3oc4ccccc4c23)c1. The van der Waals surface area contributed by atoms with Crippen LogP contribution in [0.2, 0.25) is 0 Å². The average molecular weight is 300 g/mol. The second kappa shape index (κ2) is 4.99. The highest BCUT2D eigenvalue weighted by atomic mass is 16.3. The molecule has 3 nitrogen and oxygen atoms in total. The summed E-state index contributed by atoms with van der Waals surface area (Å²) in [6.07, 6.45) is 0. The van der Waals surface area contributed by atoms with Crippen LogP contribution >= 0.6 is 0 Å². The zero-order chi connectivity index (χ0) is 16.0. The van der Waals surface area contributed by atoms with Gasteiger partial charge < -0.3 is 10.2 Å². The van der Waals surface area contributed by atoms with Gasteiger partial charge in [0, 0.05) is 10.8 Å². The first kappa shape index (κ1) is 13.6.